The number of nitrogens with one attached hydrogen (secondary N) is 2. The minimum absolute atomic E-state index is 0.0384. The Bertz CT molecular complexity index is 1390. The highest BCUT2D eigenvalue weighted by Crippen LogP contribution is 2.30. The molecule has 0 spiro atoms. The molecule has 1 aliphatic carbocycles. The van der Waals surface area contributed by atoms with E-state index < -0.39 is 23.8 Å². The second kappa shape index (κ2) is 15.1. The topological polar surface area (TPSA) is 129 Å². The third-order valence-corrected chi connectivity index (χ3v) is 9.13. The normalized spacial score (nSPS) is 19.5. The van der Waals surface area contributed by atoms with Gasteiger partial charge in [-0.15, -0.1) is 0 Å². The predicted molar refractivity (Wildman–Crippen MR) is 181 cm³/mol. The van der Waals surface area contributed by atoms with Gasteiger partial charge in [0.25, 0.3) is 5.91 Å². The minimum atomic E-state index is -1.04. The summed E-state index contributed by atoms with van der Waals surface area (Å²) in [6.45, 7) is 13.7. The fraction of sp³-hybridized carbons (Fsp3) is 0.629. The van der Waals surface area contributed by atoms with Crippen molar-refractivity contribution in [2.45, 2.75) is 96.7 Å². The van der Waals surface area contributed by atoms with Gasteiger partial charge in [-0.3, -0.25) is 14.6 Å². The number of carbonyl (C=O) groups excluding carboxylic acids is 2. The number of amides is 2. The molecule has 1 saturated heterocycles. The lowest BCUT2D eigenvalue weighted by Crippen LogP contribution is -2.54. The first kappa shape index (κ1) is 34.7. The maximum Gasteiger partial charge on any atom is 0.410 e. The van der Waals surface area contributed by atoms with Gasteiger partial charge in [0, 0.05) is 64.0 Å². The summed E-state index contributed by atoms with van der Waals surface area (Å²) in [7, 11) is 1.56. The lowest BCUT2D eigenvalue weighted by atomic mass is 9.91. The van der Waals surface area contributed by atoms with Crippen molar-refractivity contribution in [1.29, 1.82) is 0 Å². The van der Waals surface area contributed by atoms with Crippen LogP contribution in [0.4, 0.5) is 16.4 Å². The first-order valence-electron chi connectivity index (χ1n) is 16.9. The molecule has 2 atom stereocenters. The average Bonchev–Trinajstić information content (AvgIpc) is 3.02. The van der Waals surface area contributed by atoms with Crippen LogP contribution in [0.25, 0.3) is 0 Å². The van der Waals surface area contributed by atoms with Crippen LogP contribution < -0.4 is 20.3 Å². The summed E-state index contributed by atoms with van der Waals surface area (Å²) >= 11 is 0. The van der Waals surface area contributed by atoms with Gasteiger partial charge in [-0.2, -0.15) is 0 Å². The molecule has 5 rings (SSSR count). The molecule has 1 saturated carbocycles. The van der Waals surface area contributed by atoms with E-state index in [1.165, 1.54) is 6.42 Å². The Hall–Kier alpha value is -3.61. The molecule has 0 unspecified atom stereocenters. The number of fused-ring (bicyclic) bond motifs is 1. The van der Waals surface area contributed by atoms with Crippen LogP contribution in [-0.4, -0.2) is 108 Å². The molecule has 3 N–H and O–H groups in total. The van der Waals surface area contributed by atoms with Crippen LogP contribution in [0.2, 0.25) is 0 Å². The van der Waals surface area contributed by atoms with Gasteiger partial charge in [0.15, 0.2) is 6.79 Å². The molecule has 258 valence electrons. The molecular formula is C35H52N6O6. The van der Waals surface area contributed by atoms with Crippen LogP contribution in [0.3, 0.4) is 0 Å². The van der Waals surface area contributed by atoms with Crippen LogP contribution in [0.5, 0.6) is 5.75 Å². The summed E-state index contributed by atoms with van der Waals surface area (Å²) in [4.78, 5) is 38.1. The molecule has 2 aromatic rings. The van der Waals surface area contributed by atoms with Gasteiger partial charge in [-0.05, 0) is 95.7 Å². The highest BCUT2D eigenvalue weighted by molar-refractivity contribution is 5.95. The number of methoxy groups -OCH3 is 1. The van der Waals surface area contributed by atoms with Crippen molar-refractivity contribution < 1.29 is 28.9 Å². The minimum Gasteiger partial charge on any atom is -0.468 e. The zero-order chi connectivity index (χ0) is 33.7. The second-order valence-electron chi connectivity index (χ2n) is 14.1. The quantitative estimate of drug-likeness (QED) is 0.307. The maximum atomic E-state index is 13.6. The molecule has 12 nitrogen and oxygen atoms in total. The van der Waals surface area contributed by atoms with E-state index in [1.807, 2.05) is 45.0 Å². The Morgan fingerprint density at radius 1 is 1.06 bits per heavy atom. The zero-order valence-electron chi connectivity index (χ0n) is 28.8. The molecule has 12 heteroatoms. The van der Waals surface area contributed by atoms with Gasteiger partial charge in [0.05, 0.1) is 12.1 Å². The predicted octanol–water partition coefficient (Wildman–Crippen LogP) is 4.01. The van der Waals surface area contributed by atoms with Gasteiger partial charge in [-0.1, -0.05) is 6.07 Å². The van der Waals surface area contributed by atoms with Crippen molar-refractivity contribution in [3.63, 3.8) is 0 Å². The molecule has 47 heavy (non-hydrogen) atoms. The van der Waals surface area contributed by atoms with Crippen LogP contribution in [0.15, 0.2) is 30.3 Å². The van der Waals surface area contributed by atoms with E-state index in [-0.39, 0.29) is 25.8 Å². The van der Waals surface area contributed by atoms with Crippen LogP contribution in [0.1, 0.15) is 75.4 Å². The number of anilines is 2. The van der Waals surface area contributed by atoms with Crippen LogP contribution >= 0.6 is 0 Å². The summed E-state index contributed by atoms with van der Waals surface area (Å²) in [6.07, 6.45) is 2.20. The zero-order valence-corrected chi connectivity index (χ0v) is 28.8. The van der Waals surface area contributed by atoms with Gasteiger partial charge in [0.2, 0.25) is 0 Å². The third kappa shape index (κ3) is 9.05. The number of benzene rings is 1. The molecule has 2 amide bonds. The summed E-state index contributed by atoms with van der Waals surface area (Å²) in [5, 5.41) is 17.9. The number of piperazine rings is 1. The monoisotopic (exact) mass is 652 g/mol. The molecule has 3 aliphatic rings. The average molecular weight is 653 g/mol. The number of aromatic nitrogens is 1. The van der Waals surface area contributed by atoms with Gasteiger partial charge < -0.3 is 34.9 Å². The van der Waals surface area contributed by atoms with E-state index in [4.69, 9.17) is 19.2 Å². The van der Waals surface area contributed by atoms with Crippen LogP contribution in [-0.2, 0) is 22.4 Å². The fourth-order valence-corrected chi connectivity index (χ4v) is 6.21. The van der Waals surface area contributed by atoms with Crippen LogP contribution in [0, 0.1) is 0 Å². The number of hydrogen-bond donors (Lipinski definition) is 3. The lowest BCUT2D eigenvalue weighted by molar-refractivity contribution is -0.0114. The first-order chi connectivity index (χ1) is 22.4. The Morgan fingerprint density at radius 3 is 2.45 bits per heavy atom. The maximum absolute atomic E-state index is 13.6. The van der Waals surface area contributed by atoms with E-state index >= 15 is 0 Å². The number of pyridine rings is 1. The Labute approximate surface area is 278 Å². The van der Waals surface area contributed by atoms with E-state index in [0.29, 0.717) is 35.6 Å². The standard InChI is InChI=1S/C35H52N6O6/c1-23(2)39-12-14-40(15-13-39)32-19-25(18-31(38-32)37-27-8-7-9-27)33(43)36-20-30(42)29-17-24-10-11-28(46-22-45-6)16-26(24)21-41(29)34(44)47-35(3,4)5/h10-11,16,18-19,23,27,29-30,42H,7-9,12-15,17,20-22H2,1-6H3,(H,36,43)(H,37,38)/t29-,30+/m0/s1. The number of nitrogens with zero attached hydrogens (tertiary/aromatic N) is 4. The number of rotatable bonds is 11. The molecule has 0 radical (unpaired) electrons. The second-order valence-corrected chi connectivity index (χ2v) is 14.1. The van der Waals surface area contributed by atoms with E-state index in [9.17, 15) is 14.7 Å². The van der Waals surface area contributed by atoms with Crippen molar-refractivity contribution in [1.82, 2.24) is 20.1 Å². The summed E-state index contributed by atoms with van der Waals surface area (Å²) < 4.78 is 16.4. The van der Waals surface area contributed by atoms with Gasteiger partial charge >= 0.3 is 6.09 Å². The number of hydrogen-bond acceptors (Lipinski definition) is 10. The number of carbonyl (C=O) groups is 2. The number of aliphatic hydroxyl groups excluding tert-OH is 1. The van der Waals surface area contributed by atoms with Gasteiger partial charge in [-0.25, -0.2) is 9.78 Å². The van der Waals surface area contributed by atoms with Gasteiger partial charge in [0.1, 0.15) is 23.0 Å². The van der Waals surface area contributed by atoms with E-state index in [2.05, 4.69) is 34.3 Å². The molecule has 1 aromatic carbocycles. The van der Waals surface area contributed by atoms with Crippen molar-refractivity contribution in [3.8, 4) is 5.75 Å². The number of aliphatic hydroxyl groups is 1. The smallest absolute Gasteiger partial charge is 0.410 e. The Morgan fingerprint density at radius 2 is 1.81 bits per heavy atom. The third-order valence-electron chi connectivity index (χ3n) is 9.13. The van der Waals surface area contributed by atoms with Crippen molar-refractivity contribution >= 4 is 23.6 Å². The highest BCUT2D eigenvalue weighted by atomic mass is 16.7. The summed E-state index contributed by atoms with van der Waals surface area (Å²) in [6, 6.07) is 9.56. The molecule has 2 fully saturated rings. The number of ether oxygens (including phenoxy) is 3. The summed E-state index contributed by atoms with van der Waals surface area (Å²) in [5.74, 6) is 1.80. The van der Waals surface area contributed by atoms with Crippen molar-refractivity contribution in [2.75, 3.05) is 56.8 Å². The SMILES string of the molecule is COCOc1ccc2c(c1)CN(C(=O)OC(C)(C)C)[C@H]([C@H](O)CNC(=O)c1cc(NC3CCC3)nc(N3CCN(C(C)C)CC3)c1)C2. The highest BCUT2D eigenvalue weighted by Gasteiger charge is 2.37. The molecular weight excluding hydrogens is 600 g/mol. The molecule has 2 aliphatic heterocycles. The van der Waals surface area contributed by atoms with E-state index in [1.54, 1.807) is 18.1 Å². The molecule has 1 aromatic heterocycles. The van der Waals surface area contributed by atoms with Crippen molar-refractivity contribution in [2.24, 2.45) is 0 Å². The molecule has 3 heterocycles. The largest absolute Gasteiger partial charge is 0.468 e. The summed E-state index contributed by atoms with van der Waals surface area (Å²) in [5.41, 5.74) is 1.67. The fourth-order valence-electron chi connectivity index (χ4n) is 6.21. The molecule has 0 bridgehead atoms. The van der Waals surface area contributed by atoms with E-state index in [0.717, 1.165) is 56.0 Å². The van der Waals surface area contributed by atoms with Crippen molar-refractivity contribution in [3.05, 3.63) is 47.0 Å². The Balaban J connectivity index is 1.30. The Kier molecular flexibility index (Phi) is 11.1. The lowest BCUT2D eigenvalue weighted by Gasteiger charge is -2.40. The first-order valence-corrected chi connectivity index (χ1v) is 16.9.